The predicted molar refractivity (Wildman–Crippen MR) is 61.9 cm³/mol. The number of Topliss-reactive ketones (excluding diaryl/α,β-unsaturated/α-hetero) is 1. The Bertz CT molecular complexity index is 416. The van der Waals surface area contributed by atoms with Crippen molar-refractivity contribution in [2.75, 3.05) is 13.7 Å². The van der Waals surface area contributed by atoms with Crippen LogP contribution in [-0.2, 0) is 0 Å². The third kappa shape index (κ3) is 3.03. The Morgan fingerprint density at radius 2 is 2.25 bits per heavy atom. The van der Waals surface area contributed by atoms with E-state index in [9.17, 15) is 4.79 Å². The Morgan fingerprint density at radius 1 is 1.50 bits per heavy atom. The van der Waals surface area contributed by atoms with E-state index in [1.807, 2.05) is 0 Å². The monoisotopic (exact) mass is 218 g/mol. The molecule has 0 saturated carbocycles. The van der Waals surface area contributed by atoms with Gasteiger partial charge in [0.05, 0.1) is 19.3 Å². The number of ether oxygens (including phenoxy) is 2. The molecule has 0 aliphatic carbocycles. The standard InChI is InChI=1S/C13H14O3/c1-4-5-8-16-13-9-11(15-3)6-7-12(13)10(2)14/h1,6-7,9H,5,8H2,2-3H3. The first kappa shape index (κ1) is 12.1. The SMILES string of the molecule is C#CCCOc1cc(OC)ccc1C(C)=O. The van der Waals surface area contributed by atoms with E-state index in [2.05, 4.69) is 5.92 Å². The Morgan fingerprint density at radius 3 is 2.81 bits per heavy atom. The number of hydrogen-bond acceptors (Lipinski definition) is 3. The lowest BCUT2D eigenvalue weighted by Gasteiger charge is -2.10. The van der Waals surface area contributed by atoms with Crippen molar-refractivity contribution in [1.82, 2.24) is 0 Å². The third-order valence-electron chi connectivity index (χ3n) is 2.07. The topological polar surface area (TPSA) is 35.5 Å². The Hall–Kier alpha value is -1.95. The lowest BCUT2D eigenvalue weighted by atomic mass is 10.1. The Balaban J connectivity index is 2.92. The molecule has 0 aliphatic heterocycles. The first-order valence-corrected chi connectivity index (χ1v) is 4.94. The second kappa shape index (κ2) is 5.82. The number of hydrogen-bond donors (Lipinski definition) is 0. The molecule has 0 N–H and O–H groups in total. The molecular weight excluding hydrogens is 204 g/mol. The van der Waals surface area contributed by atoms with E-state index in [0.29, 0.717) is 30.1 Å². The molecular formula is C13H14O3. The molecule has 1 aromatic carbocycles. The zero-order valence-corrected chi connectivity index (χ0v) is 9.45. The van der Waals surface area contributed by atoms with Gasteiger partial charge in [-0.25, -0.2) is 0 Å². The molecule has 0 radical (unpaired) electrons. The van der Waals surface area contributed by atoms with Crippen molar-refractivity contribution in [3.8, 4) is 23.8 Å². The maximum atomic E-state index is 11.3. The van der Waals surface area contributed by atoms with Crippen LogP contribution in [0, 0.1) is 12.3 Å². The van der Waals surface area contributed by atoms with E-state index < -0.39 is 0 Å². The summed E-state index contributed by atoms with van der Waals surface area (Å²) in [6, 6.07) is 5.10. The zero-order valence-electron chi connectivity index (χ0n) is 9.45. The normalized spacial score (nSPS) is 9.31. The second-order valence-electron chi connectivity index (χ2n) is 3.22. The molecule has 1 rings (SSSR count). The van der Waals surface area contributed by atoms with Crippen LogP contribution in [0.5, 0.6) is 11.5 Å². The summed E-state index contributed by atoms with van der Waals surface area (Å²) in [5.74, 6) is 3.60. The van der Waals surface area contributed by atoms with E-state index in [-0.39, 0.29) is 5.78 Å². The Kier molecular flexibility index (Phi) is 4.41. The van der Waals surface area contributed by atoms with Gasteiger partial charge in [0.1, 0.15) is 11.5 Å². The van der Waals surface area contributed by atoms with Crippen LogP contribution in [0.1, 0.15) is 23.7 Å². The Labute approximate surface area is 95.4 Å². The maximum Gasteiger partial charge on any atom is 0.163 e. The van der Waals surface area contributed by atoms with Gasteiger partial charge in [0.25, 0.3) is 0 Å². The maximum absolute atomic E-state index is 11.3. The minimum atomic E-state index is -0.0432. The zero-order chi connectivity index (χ0) is 12.0. The average Bonchev–Trinajstić information content (AvgIpc) is 2.29. The molecule has 1 aromatic rings. The van der Waals surface area contributed by atoms with Crippen molar-refractivity contribution in [1.29, 1.82) is 0 Å². The van der Waals surface area contributed by atoms with Gasteiger partial charge in [-0.1, -0.05) is 0 Å². The number of rotatable bonds is 5. The lowest BCUT2D eigenvalue weighted by Crippen LogP contribution is -2.02. The fourth-order valence-corrected chi connectivity index (χ4v) is 1.26. The second-order valence-corrected chi connectivity index (χ2v) is 3.22. The van der Waals surface area contributed by atoms with Crippen LogP contribution in [-0.4, -0.2) is 19.5 Å². The molecule has 0 fully saturated rings. The third-order valence-corrected chi connectivity index (χ3v) is 2.07. The smallest absolute Gasteiger partial charge is 0.163 e. The van der Waals surface area contributed by atoms with Crippen LogP contribution in [0.4, 0.5) is 0 Å². The lowest BCUT2D eigenvalue weighted by molar-refractivity contribution is 0.101. The fourth-order valence-electron chi connectivity index (χ4n) is 1.26. The first-order chi connectivity index (χ1) is 7.69. The van der Waals surface area contributed by atoms with Crippen molar-refractivity contribution in [3.05, 3.63) is 23.8 Å². The molecule has 0 bridgehead atoms. The largest absolute Gasteiger partial charge is 0.497 e. The molecule has 0 spiro atoms. The van der Waals surface area contributed by atoms with Gasteiger partial charge >= 0.3 is 0 Å². The predicted octanol–water partition coefficient (Wildman–Crippen LogP) is 2.30. The quantitative estimate of drug-likeness (QED) is 0.432. The van der Waals surface area contributed by atoms with Crippen LogP contribution in [0.15, 0.2) is 18.2 Å². The van der Waals surface area contributed by atoms with Crippen molar-refractivity contribution in [3.63, 3.8) is 0 Å². The highest BCUT2D eigenvalue weighted by atomic mass is 16.5. The van der Waals surface area contributed by atoms with Crippen molar-refractivity contribution in [2.24, 2.45) is 0 Å². The first-order valence-electron chi connectivity index (χ1n) is 4.94. The van der Waals surface area contributed by atoms with E-state index in [1.165, 1.54) is 6.92 Å². The molecule has 16 heavy (non-hydrogen) atoms. The highest BCUT2D eigenvalue weighted by Gasteiger charge is 2.09. The van der Waals surface area contributed by atoms with Gasteiger partial charge in [0, 0.05) is 12.5 Å². The van der Waals surface area contributed by atoms with Gasteiger partial charge in [-0.3, -0.25) is 4.79 Å². The van der Waals surface area contributed by atoms with Gasteiger partial charge in [0.2, 0.25) is 0 Å². The van der Waals surface area contributed by atoms with Crippen molar-refractivity contribution >= 4 is 5.78 Å². The van der Waals surface area contributed by atoms with Crippen LogP contribution in [0.25, 0.3) is 0 Å². The molecule has 0 atom stereocenters. The number of carbonyl (C=O) groups is 1. The average molecular weight is 218 g/mol. The summed E-state index contributed by atoms with van der Waals surface area (Å²) in [5, 5.41) is 0. The summed E-state index contributed by atoms with van der Waals surface area (Å²) in [7, 11) is 1.56. The van der Waals surface area contributed by atoms with Crippen molar-refractivity contribution in [2.45, 2.75) is 13.3 Å². The minimum absolute atomic E-state index is 0.0432. The van der Waals surface area contributed by atoms with Crippen LogP contribution >= 0.6 is 0 Å². The summed E-state index contributed by atoms with van der Waals surface area (Å²) >= 11 is 0. The fraction of sp³-hybridized carbons (Fsp3) is 0.308. The van der Waals surface area contributed by atoms with Crippen molar-refractivity contribution < 1.29 is 14.3 Å². The molecule has 0 unspecified atom stereocenters. The highest BCUT2D eigenvalue weighted by Crippen LogP contribution is 2.25. The number of benzene rings is 1. The summed E-state index contributed by atoms with van der Waals surface area (Å²) in [5.41, 5.74) is 0.540. The van der Waals surface area contributed by atoms with E-state index in [0.717, 1.165) is 0 Å². The molecule has 0 amide bonds. The highest BCUT2D eigenvalue weighted by molar-refractivity contribution is 5.97. The van der Waals surface area contributed by atoms with Gasteiger partial charge in [-0.05, 0) is 19.1 Å². The molecule has 0 aromatic heterocycles. The number of carbonyl (C=O) groups excluding carboxylic acids is 1. The van der Waals surface area contributed by atoms with Crippen LogP contribution < -0.4 is 9.47 Å². The molecule has 3 nitrogen and oxygen atoms in total. The molecule has 84 valence electrons. The van der Waals surface area contributed by atoms with E-state index in [4.69, 9.17) is 15.9 Å². The minimum Gasteiger partial charge on any atom is -0.497 e. The number of ketones is 1. The molecule has 0 saturated heterocycles. The summed E-state index contributed by atoms with van der Waals surface area (Å²) in [6.07, 6.45) is 5.63. The van der Waals surface area contributed by atoms with Gasteiger partial charge < -0.3 is 9.47 Å². The molecule has 3 heteroatoms. The summed E-state index contributed by atoms with van der Waals surface area (Å²) in [6.45, 7) is 1.89. The van der Waals surface area contributed by atoms with Gasteiger partial charge in [-0.2, -0.15) is 0 Å². The number of terminal acetylenes is 1. The molecule has 0 heterocycles. The summed E-state index contributed by atoms with van der Waals surface area (Å²) in [4.78, 5) is 11.3. The van der Waals surface area contributed by atoms with E-state index in [1.54, 1.807) is 25.3 Å². The number of methoxy groups -OCH3 is 1. The molecule has 0 aliphatic rings. The van der Waals surface area contributed by atoms with Crippen LogP contribution in [0.2, 0.25) is 0 Å². The van der Waals surface area contributed by atoms with Gasteiger partial charge in [0.15, 0.2) is 5.78 Å². The van der Waals surface area contributed by atoms with Gasteiger partial charge in [-0.15, -0.1) is 12.3 Å². The van der Waals surface area contributed by atoms with E-state index >= 15 is 0 Å². The van der Waals surface area contributed by atoms with Crippen LogP contribution in [0.3, 0.4) is 0 Å². The summed E-state index contributed by atoms with van der Waals surface area (Å²) < 4.78 is 10.5.